The van der Waals surface area contributed by atoms with E-state index in [2.05, 4.69) is 107 Å². The average molecular weight is 815 g/mol. The van der Waals surface area contributed by atoms with Gasteiger partial charge in [-0.2, -0.15) is 0 Å². The van der Waals surface area contributed by atoms with Crippen molar-refractivity contribution in [3.8, 4) is 44.5 Å². The lowest BCUT2D eigenvalue weighted by atomic mass is 9.59. The third kappa shape index (κ3) is 8.35. The first-order valence-electron chi connectivity index (χ1n) is 21.2. The van der Waals surface area contributed by atoms with Crippen LogP contribution in [0.2, 0.25) is 0 Å². The van der Waals surface area contributed by atoms with Gasteiger partial charge in [-0.15, -0.1) is 32.8 Å². The quantitative estimate of drug-likeness (QED) is 0.196. The summed E-state index contributed by atoms with van der Waals surface area (Å²) in [7, 11) is 62.3. The third-order valence-corrected chi connectivity index (χ3v) is 12.1. The molecular formula is C54H30B10N2. The summed E-state index contributed by atoms with van der Waals surface area (Å²) in [6.07, 6.45) is 0. The minimum absolute atomic E-state index is 0.187. The van der Waals surface area contributed by atoms with Gasteiger partial charge < -0.3 is 9.80 Å². The molecule has 286 valence electrons. The molecule has 0 aliphatic heterocycles. The minimum atomic E-state index is 0.187. The molecule has 9 rings (SSSR count). The van der Waals surface area contributed by atoms with Gasteiger partial charge >= 0.3 is 0 Å². The highest BCUT2D eigenvalue weighted by molar-refractivity contribution is 6.70. The molecule has 0 atom stereocenters. The van der Waals surface area contributed by atoms with Gasteiger partial charge in [0.05, 0.1) is 0 Å². The lowest BCUT2D eigenvalue weighted by Gasteiger charge is -2.26. The smallest absolute Gasteiger partial charge is 0.113 e. The fraction of sp³-hybridized carbons (Fsp3) is 0. The van der Waals surface area contributed by atoms with Crippen LogP contribution in [-0.4, -0.2) is 78.5 Å². The fourth-order valence-electron chi connectivity index (χ4n) is 8.39. The van der Waals surface area contributed by atoms with Crippen LogP contribution in [0.4, 0.5) is 34.1 Å². The van der Waals surface area contributed by atoms with Crippen molar-refractivity contribution >= 4 is 167 Å². The summed E-state index contributed by atoms with van der Waals surface area (Å²) in [4.78, 5) is 4.38. The van der Waals surface area contributed by atoms with Crippen LogP contribution in [0.15, 0.2) is 182 Å². The molecule has 9 aromatic carbocycles. The maximum atomic E-state index is 6.38. The maximum Gasteiger partial charge on any atom is 0.113 e. The monoisotopic (exact) mass is 816 g/mol. The minimum Gasteiger partial charge on any atom is -0.311 e. The summed E-state index contributed by atoms with van der Waals surface area (Å²) in [5, 5.41) is 0. The number of hydrogen-bond acceptors (Lipinski definition) is 2. The Labute approximate surface area is 401 Å². The zero-order valence-electron chi connectivity index (χ0n) is 36.0. The van der Waals surface area contributed by atoms with Gasteiger partial charge in [-0.05, 0) is 117 Å². The zero-order chi connectivity index (χ0) is 46.2. The fourth-order valence-corrected chi connectivity index (χ4v) is 8.39. The summed E-state index contributed by atoms with van der Waals surface area (Å²) in [6, 6.07) is 61.9. The average Bonchev–Trinajstić information content (AvgIpc) is 3.36. The Morgan fingerprint density at radius 1 is 0.182 bits per heavy atom. The zero-order valence-corrected chi connectivity index (χ0v) is 36.0. The van der Waals surface area contributed by atoms with Crippen LogP contribution in [0.3, 0.4) is 0 Å². The molecule has 0 amide bonds. The van der Waals surface area contributed by atoms with Gasteiger partial charge in [0.15, 0.2) is 0 Å². The summed E-state index contributed by atoms with van der Waals surface area (Å²) in [6.45, 7) is 0. The standard InChI is InChI=1S/C54H30B10N2/c55-45-43(46(56)50(60)53(63)49(45)59)35-19-27-41(28-20-35)65(37-7-3-1-4-8-37)39-23-15-33(16-24-39)31-11-13-32(14-12-31)34-17-25-40(26-18-34)66(38-9-5-2-6-10-38)42-29-21-36(22-30-42)44-47(57)51(61)54(64)52(62)48(44)58/h1-30H. The van der Waals surface area contributed by atoms with E-state index in [9.17, 15) is 0 Å². The van der Waals surface area contributed by atoms with Crippen LogP contribution >= 0.6 is 0 Å². The summed E-state index contributed by atoms with van der Waals surface area (Å²) < 4.78 is 0. The van der Waals surface area contributed by atoms with Crippen LogP contribution in [-0.2, 0) is 0 Å². The summed E-state index contributed by atoms with van der Waals surface area (Å²) >= 11 is 0. The predicted molar refractivity (Wildman–Crippen MR) is 291 cm³/mol. The molecule has 2 nitrogen and oxygen atoms in total. The topological polar surface area (TPSA) is 6.48 Å². The second kappa shape index (κ2) is 18.6. The van der Waals surface area contributed by atoms with E-state index in [-0.39, 0.29) is 32.8 Å². The summed E-state index contributed by atoms with van der Waals surface area (Å²) in [5.74, 6) is 0. The van der Waals surface area contributed by atoms with Gasteiger partial charge in [0.2, 0.25) is 0 Å². The van der Waals surface area contributed by atoms with E-state index in [0.29, 0.717) is 33.0 Å². The van der Waals surface area contributed by atoms with Gasteiger partial charge in [0.1, 0.15) is 78.5 Å². The van der Waals surface area contributed by atoms with Crippen molar-refractivity contribution in [2.45, 2.75) is 0 Å². The van der Waals surface area contributed by atoms with Crippen molar-refractivity contribution in [2.75, 3.05) is 9.80 Å². The lowest BCUT2D eigenvalue weighted by Crippen LogP contribution is -2.55. The molecule has 9 aromatic rings. The molecule has 0 bridgehead atoms. The van der Waals surface area contributed by atoms with E-state index in [1.165, 1.54) is 0 Å². The molecule has 66 heavy (non-hydrogen) atoms. The van der Waals surface area contributed by atoms with Gasteiger partial charge in [-0.25, -0.2) is 0 Å². The number of hydrogen-bond donors (Lipinski definition) is 0. The Morgan fingerprint density at radius 3 is 0.606 bits per heavy atom. The van der Waals surface area contributed by atoms with E-state index >= 15 is 0 Å². The highest BCUT2D eigenvalue weighted by Crippen LogP contribution is 2.38. The number of rotatable bonds is 10. The van der Waals surface area contributed by atoms with Crippen molar-refractivity contribution < 1.29 is 0 Å². The molecule has 20 radical (unpaired) electrons. The molecule has 0 saturated heterocycles. The van der Waals surface area contributed by atoms with Crippen LogP contribution in [0, 0.1) is 0 Å². The molecule has 0 unspecified atom stereocenters. The second-order valence-electron chi connectivity index (χ2n) is 16.0. The Morgan fingerprint density at radius 2 is 0.364 bits per heavy atom. The second-order valence-corrected chi connectivity index (χ2v) is 16.0. The molecule has 0 aromatic heterocycles. The van der Waals surface area contributed by atoms with Crippen molar-refractivity contribution in [2.24, 2.45) is 0 Å². The number of benzene rings is 9. The Kier molecular flexibility index (Phi) is 12.5. The molecule has 0 heterocycles. The van der Waals surface area contributed by atoms with Gasteiger partial charge in [0, 0.05) is 34.1 Å². The van der Waals surface area contributed by atoms with Gasteiger partial charge in [0.25, 0.3) is 0 Å². The van der Waals surface area contributed by atoms with E-state index in [1.807, 2.05) is 84.9 Å². The Bertz CT molecular complexity index is 2920. The number of nitrogens with zero attached hydrogens (tertiary/aromatic N) is 2. The Hall–Kier alpha value is -6.77. The van der Waals surface area contributed by atoms with E-state index < -0.39 is 0 Å². The lowest BCUT2D eigenvalue weighted by molar-refractivity contribution is 1.28. The van der Waals surface area contributed by atoms with Gasteiger partial charge in [-0.3, -0.25) is 0 Å². The maximum absolute atomic E-state index is 6.38. The van der Waals surface area contributed by atoms with Crippen LogP contribution in [0.5, 0.6) is 0 Å². The van der Waals surface area contributed by atoms with E-state index in [4.69, 9.17) is 78.5 Å². The Balaban J connectivity index is 0.956. The van der Waals surface area contributed by atoms with Crippen LogP contribution in [0.1, 0.15) is 0 Å². The largest absolute Gasteiger partial charge is 0.311 e. The first kappa shape index (κ1) is 44.4. The third-order valence-electron chi connectivity index (χ3n) is 12.1. The SMILES string of the molecule is [B]c1c([B])c([B])c(-c2ccc(N(c3ccccc3)c3ccc(-c4ccc(-c5ccc(N(c6ccccc6)c6ccc(-c7c([B])c([B])c([B])c([B])c7[B])cc6)cc5)cc4)cc3)cc2)c([B])c1[B]. The normalized spacial score (nSPS) is 11.0. The highest BCUT2D eigenvalue weighted by atomic mass is 15.1. The predicted octanol–water partition coefficient (Wildman–Crippen LogP) is 3.23. The number of anilines is 6. The van der Waals surface area contributed by atoms with E-state index in [1.54, 1.807) is 0 Å². The highest BCUT2D eigenvalue weighted by Gasteiger charge is 2.18. The van der Waals surface area contributed by atoms with Crippen LogP contribution < -0.4 is 64.4 Å². The van der Waals surface area contributed by atoms with Crippen molar-refractivity contribution in [3.05, 3.63) is 182 Å². The molecule has 0 N–H and O–H groups in total. The molecule has 0 aliphatic rings. The first-order chi connectivity index (χ1) is 31.9. The van der Waals surface area contributed by atoms with Crippen molar-refractivity contribution in [1.82, 2.24) is 0 Å². The van der Waals surface area contributed by atoms with Gasteiger partial charge in [-0.1, -0.05) is 131 Å². The molecule has 0 spiro atoms. The molecule has 0 saturated carbocycles. The van der Waals surface area contributed by atoms with Crippen molar-refractivity contribution in [1.29, 1.82) is 0 Å². The number of para-hydroxylation sites is 2. The van der Waals surface area contributed by atoms with Crippen molar-refractivity contribution in [3.63, 3.8) is 0 Å². The molecule has 0 fully saturated rings. The summed E-state index contributed by atoms with van der Waals surface area (Å²) in [5.41, 5.74) is 15.3. The first-order valence-corrected chi connectivity index (χ1v) is 21.2. The van der Waals surface area contributed by atoms with Crippen LogP contribution in [0.25, 0.3) is 44.5 Å². The molecule has 12 heteroatoms. The molecule has 0 aliphatic carbocycles. The molecular weight excluding hydrogens is 785 g/mol. The van der Waals surface area contributed by atoms with E-state index in [0.717, 1.165) is 67.5 Å².